The van der Waals surface area contributed by atoms with E-state index in [2.05, 4.69) is 9.72 Å². The lowest BCUT2D eigenvalue weighted by Gasteiger charge is -2.30. The number of aliphatic hydroxyl groups is 1. The molecule has 1 heterocycles. The number of esters is 1. The number of nitrogens with zero attached hydrogens (tertiary/aromatic N) is 2. The van der Waals surface area contributed by atoms with Gasteiger partial charge < -0.3 is 23.9 Å². The van der Waals surface area contributed by atoms with Crippen molar-refractivity contribution in [3.63, 3.8) is 0 Å². The van der Waals surface area contributed by atoms with Crippen LogP contribution in [0.5, 0.6) is 5.75 Å². The van der Waals surface area contributed by atoms with E-state index in [1.54, 1.807) is 42.5 Å². The number of rotatable bonds is 8. The average Bonchev–Trinajstić information content (AvgIpc) is 3.39. The molecule has 37 heavy (non-hydrogen) atoms. The molecule has 0 spiro atoms. The van der Waals surface area contributed by atoms with Gasteiger partial charge >= 0.3 is 5.97 Å². The second-order valence-electron chi connectivity index (χ2n) is 8.88. The molecule has 1 aromatic heterocycles. The van der Waals surface area contributed by atoms with Gasteiger partial charge in [-0.25, -0.2) is 9.78 Å². The Morgan fingerprint density at radius 2 is 1.86 bits per heavy atom. The molecular weight excluding hydrogens is 496 g/mol. The predicted octanol–water partition coefficient (Wildman–Crippen LogP) is 5.27. The number of oxazole rings is 1. The van der Waals surface area contributed by atoms with Crippen molar-refractivity contribution in [3.8, 4) is 17.1 Å². The maximum absolute atomic E-state index is 13.7. The van der Waals surface area contributed by atoms with Crippen LogP contribution in [0.1, 0.15) is 37.1 Å². The Morgan fingerprint density at radius 1 is 1.14 bits per heavy atom. The number of methoxy groups -OCH3 is 2. The van der Waals surface area contributed by atoms with Crippen molar-refractivity contribution in [1.82, 2.24) is 4.98 Å². The van der Waals surface area contributed by atoms with Crippen molar-refractivity contribution >= 4 is 35.2 Å². The summed E-state index contributed by atoms with van der Waals surface area (Å²) >= 11 is 6.39. The molecule has 0 bridgehead atoms. The van der Waals surface area contributed by atoms with E-state index in [0.717, 1.165) is 11.3 Å². The molecule has 0 atom stereocenters. The third kappa shape index (κ3) is 6.78. The molecule has 1 saturated carbocycles. The fourth-order valence-electron chi connectivity index (χ4n) is 4.33. The van der Waals surface area contributed by atoms with E-state index >= 15 is 0 Å². The predicted molar refractivity (Wildman–Crippen MR) is 140 cm³/mol. The van der Waals surface area contributed by atoms with Crippen LogP contribution in [-0.2, 0) is 20.9 Å². The van der Waals surface area contributed by atoms with Gasteiger partial charge in [0.2, 0.25) is 11.8 Å². The van der Waals surface area contributed by atoms with E-state index in [1.165, 1.54) is 13.2 Å². The summed E-state index contributed by atoms with van der Waals surface area (Å²) in [5, 5.41) is 10.3. The van der Waals surface area contributed by atoms with E-state index in [0.29, 0.717) is 53.6 Å². The molecule has 0 saturated heterocycles. The van der Waals surface area contributed by atoms with Crippen LogP contribution in [0.3, 0.4) is 0 Å². The van der Waals surface area contributed by atoms with Crippen molar-refractivity contribution in [2.75, 3.05) is 19.1 Å². The molecule has 0 radical (unpaired) electrons. The Balaban J connectivity index is 1.64. The normalized spacial score (nSPS) is 17.5. The highest BCUT2D eigenvalue weighted by molar-refractivity contribution is 6.31. The second-order valence-corrected chi connectivity index (χ2v) is 9.31. The second kappa shape index (κ2) is 12.1. The highest BCUT2D eigenvalue weighted by Gasteiger charge is 2.31. The molecule has 2 aromatic carbocycles. The maximum Gasteiger partial charge on any atom is 0.330 e. The highest BCUT2D eigenvalue weighted by atomic mass is 35.5. The molecule has 1 aliphatic carbocycles. The number of hydrogen-bond donors (Lipinski definition) is 1. The zero-order chi connectivity index (χ0) is 26.4. The Kier molecular flexibility index (Phi) is 8.63. The first-order chi connectivity index (χ1) is 17.9. The van der Waals surface area contributed by atoms with Gasteiger partial charge in [0, 0.05) is 28.3 Å². The minimum atomic E-state index is -0.499. The fraction of sp³-hybridized carbons (Fsp3) is 0.321. The van der Waals surface area contributed by atoms with Crippen LogP contribution in [0.25, 0.3) is 17.4 Å². The van der Waals surface area contributed by atoms with Gasteiger partial charge in [0.05, 0.1) is 26.5 Å². The molecule has 1 aliphatic rings. The van der Waals surface area contributed by atoms with Gasteiger partial charge in [-0.15, -0.1) is 0 Å². The van der Waals surface area contributed by atoms with Crippen molar-refractivity contribution in [2.45, 2.75) is 38.3 Å². The van der Waals surface area contributed by atoms with Gasteiger partial charge in [0.1, 0.15) is 12.3 Å². The van der Waals surface area contributed by atoms with E-state index < -0.39 is 5.97 Å². The van der Waals surface area contributed by atoms with Gasteiger partial charge in [0.15, 0.2) is 5.76 Å². The summed E-state index contributed by atoms with van der Waals surface area (Å²) in [5.74, 6) is 0.825. The number of hydrogen-bond acceptors (Lipinski definition) is 7. The summed E-state index contributed by atoms with van der Waals surface area (Å²) in [7, 11) is 2.90. The zero-order valence-electron chi connectivity index (χ0n) is 20.7. The van der Waals surface area contributed by atoms with Crippen LogP contribution in [0, 0.1) is 5.92 Å². The molecule has 3 aromatic rings. The Bertz CT molecular complexity index is 1260. The summed E-state index contributed by atoms with van der Waals surface area (Å²) in [6.45, 7) is 0.0918. The van der Waals surface area contributed by atoms with Crippen LogP contribution < -0.4 is 9.64 Å². The maximum atomic E-state index is 13.7. The molecule has 0 aliphatic heterocycles. The molecule has 8 nitrogen and oxygen atoms in total. The van der Waals surface area contributed by atoms with E-state index in [-0.39, 0.29) is 24.5 Å². The Morgan fingerprint density at radius 3 is 2.54 bits per heavy atom. The first-order valence-corrected chi connectivity index (χ1v) is 12.4. The minimum Gasteiger partial charge on any atom is -0.497 e. The lowest BCUT2D eigenvalue weighted by molar-refractivity contribution is -0.134. The minimum absolute atomic E-state index is 0.0918. The third-order valence-electron chi connectivity index (χ3n) is 6.36. The number of ether oxygens (including phenoxy) is 2. The fourth-order valence-corrected chi connectivity index (χ4v) is 4.57. The molecule has 1 N–H and O–H groups in total. The van der Waals surface area contributed by atoms with Gasteiger partial charge in [-0.2, -0.15) is 0 Å². The standard InChI is InChI=1S/C28H29ClN2O6/c1-35-24-10-6-19(7-11-24)25-16-30-26(37-25)17-31(28(34)20-4-8-23(32)9-5-20)22-14-18(13-21(29)15-22)3-12-27(33)36-2/h3,6-7,10-16,20,23,32H,4-5,8-9,17H2,1-2H3/b12-3+. The van der Waals surface area contributed by atoms with Crippen molar-refractivity contribution in [1.29, 1.82) is 0 Å². The number of halogens is 1. The number of amides is 1. The number of carbonyl (C=O) groups is 2. The third-order valence-corrected chi connectivity index (χ3v) is 6.58. The first kappa shape index (κ1) is 26.4. The lowest BCUT2D eigenvalue weighted by Crippen LogP contribution is -2.38. The van der Waals surface area contributed by atoms with E-state index in [4.69, 9.17) is 20.8 Å². The molecule has 9 heteroatoms. The van der Waals surface area contributed by atoms with Gasteiger partial charge in [-0.3, -0.25) is 4.79 Å². The molecule has 1 fully saturated rings. The highest BCUT2D eigenvalue weighted by Crippen LogP contribution is 2.32. The van der Waals surface area contributed by atoms with E-state index in [9.17, 15) is 14.7 Å². The molecule has 194 valence electrons. The van der Waals surface area contributed by atoms with Crippen LogP contribution in [0.15, 0.2) is 59.2 Å². The zero-order valence-corrected chi connectivity index (χ0v) is 21.5. The van der Waals surface area contributed by atoms with Crippen molar-refractivity contribution < 1.29 is 28.6 Å². The number of anilines is 1. The molecule has 0 unspecified atom stereocenters. The summed E-state index contributed by atoms with van der Waals surface area (Å²) < 4.78 is 15.9. The molecular formula is C28H29ClN2O6. The quantitative estimate of drug-likeness (QED) is 0.316. The van der Waals surface area contributed by atoms with Crippen LogP contribution in [0.4, 0.5) is 5.69 Å². The Hall–Kier alpha value is -3.62. The van der Waals surface area contributed by atoms with Crippen LogP contribution in [-0.4, -0.2) is 42.3 Å². The topological polar surface area (TPSA) is 102 Å². The van der Waals surface area contributed by atoms with Gasteiger partial charge in [0.25, 0.3) is 0 Å². The van der Waals surface area contributed by atoms with Gasteiger partial charge in [-0.05, 0) is 79.8 Å². The smallest absolute Gasteiger partial charge is 0.330 e. The average molecular weight is 525 g/mol. The number of aliphatic hydroxyl groups excluding tert-OH is 1. The lowest BCUT2D eigenvalue weighted by atomic mass is 9.86. The van der Waals surface area contributed by atoms with Crippen LogP contribution in [0.2, 0.25) is 5.02 Å². The monoisotopic (exact) mass is 524 g/mol. The van der Waals surface area contributed by atoms with Crippen LogP contribution >= 0.6 is 11.6 Å². The number of carbonyl (C=O) groups excluding carboxylic acids is 2. The molecule has 4 rings (SSSR count). The number of aromatic nitrogens is 1. The largest absolute Gasteiger partial charge is 0.497 e. The van der Waals surface area contributed by atoms with Crippen molar-refractivity contribution in [2.24, 2.45) is 5.92 Å². The summed E-state index contributed by atoms with van der Waals surface area (Å²) in [5.41, 5.74) is 2.02. The van der Waals surface area contributed by atoms with Crippen molar-refractivity contribution in [3.05, 3.63) is 71.2 Å². The van der Waals surface area contributed by atoms with E-state index in [1.807, 2.05) is 24.3 Å². The van der Waals surface area contributed by atoms with Gasteiger partial charge in [-0.1, -0.05) is 11.6 Å². The first-order valence-electron chi connectivity index (χ1n) is 12.0. The molecule has 1 amide bonds. The summed E-state index contributed by atoms with van der Waals surface area (Å²) in [6, 6.07) is 12.6. The summed E-state index contributed by atoms with van der Waals surface area (Å²) in [4.78, 5) is 31.3. The Labute approximate surface area is 220 Å². The number of benzene rings is 2. The summed E-state index contributed by atoms with van der Waals surface area (Å²) in [6.07, 6.45) is 6.45. The SMILES string of the molecule is COC(=O)/C=C/c1cc(Cl)cc(N(Cc2ncc(-c3ccc(OC)cc3)o2)C(=O)C2CCC(O)CC2)c1.